The van der Waals surface area contributed by atoms with Gasteiger partial charge in [-0.3, -0.25) is 14.3 Å². The summed E-state index contributed by atoms with van der Waals surface area (Å²) in [6.07, 6.45) is 0.234. The Bertz CT molecular complexity index is 908. The Morgan fingerprint density at radius 2 is 1.88 bits per heavy atom. The minimum Gasteiger partial charge on any atom is -0.350 e. The van der Waals surface area contributed by atoms with Gasteiger partial charge in [-0.05, 0) is 26.0 Å². The van der Waals surface area contributed by atoms with Crippen LogP contribution in [0.3, 0.4) is 0 Å². The second-order valence-corrected chi connectivity index (χ2v) is 8.39. The van der Waals surface area contributed by atoms with E-state index in [4.69, 9.17) is 0 Å². The summed E-state index contributed by atoms with van der Waals surface area (Å²) in [6, 6.07) is 6.14. The van der Waals surface area contributed by atoms with Crippen LogP contribution in [0.2, 0.25) is 0 Å². The van der Waals surface area contributed by atoms with Crippen molar-refractivity contribution in [1.29, 1.82) is 0 Å². The highest BCUT2D eigenvalue weighted by Gasteiger charge is 2.23. The zero-order chi connectivity index (χ0) is 19.3. The lowest BCUT2D eigenvalue weighted by molar-refractivity contribution is -0.115. The van der Waals surface area contributed by atoms with Gasteiger partial charge in [0.25, 0.3) is 20.3 Å². The van der Waals surface area contributed by atoms with Crippen LogP contribution in [0, 0.1) is 0 Å². The summed E-state index contributed by atoms with van der Waals surface area (Å²) in [5.41, 5.74) is 0.314. The average Bonchev–Trinajstić information content (AvgIpc) is 3.03. The Kier molecular flexibility index (Phi) is 6.27. The first-order chi connectivity index (χ1) is 12.2. The predicted molar refractivity (Wildman–Crippen MR) is 98.7 cm³/mol. The van der Waals surface area contributed by atoms with Gasteiger partial charge >= 0.3 is 0 Å². The first kappa shape index (κ1) is 19.8. The fraction of sp³-hybridized carbons (Fsp3) is 0.333. The molecule has 2 aromatic rings. The lowest BCUT2D eigenvalue weighted by atomic mass is 10.1. The Labute approximate surface area is 155 Å². The second kappa shape index (κ2) is 8.23. The largest absolute Gasteiger partial charge is 0.350 e. The quantitative estimate of drug-likeness (QED) is 0.611. The molecule has 1 heterocycles. The van der Waals surface area contributed by atoms with Crippen molar-refractivity contribution in [3.63, 3.8) is 0 Å². The maximum Gasteiger partial charge on any atom is 0.291 e. The fourth-order valence-electron chi connectivity index (χ4n) is 1.88. The van der Waals surface area contributed by atoms with Crippen molar-refractivity contribution in [3.8, 4) is 0 Å². The molecule has 1 aromatic carbocycles. The number of rotatable bonds is 7. The van der Waals surface area contributed by atoms with Gasteiger partial charge in [-0.25, -0.2) is 0 Å². The van der Waals surface area contributed by atoms with Gasteiger partial charge in [0.2, 0.25) is 11.0 Å². The number of carbonyl (C=O) groups excluding carboxylic acids is 2. The first-order valence-corrected chi connectivity index (χ1v) is 10.1. The van der Waals surface area contributed by atoms with Crippen LogP contribution < -0.4 is 15.4 Å². The van der Waals surface area contributed by atoms with Crippen molar-refractivity contribution in [3.05, 3.63) is 29.8 Å². The highest BCUT2D eigenvalue weighted by Crippen LogP contribution is 2.24. The van der Waals surface area contributed by atoms with Gasteiger partial charge in [0.1, 0.15) is 0 Å². The number of para-hydroxylation sites is 1. The Balaban J connectivity index is 2.25. The Hall–Kier alpha value is -2.53. The van der Waals surface area contributed by atoms with E-state index in [2.05, 4.69) is 25.6 Å². The smallest absolute Gasteiger partial charge is 0.291 e. The van der Waals surface area contributed by atoms with Crippen molar-refractivity contribution in [2.24, 2.45) is 0 Å². The summed E-state index contributed by atoms with van der Waals surface area (Å²) >= 11 is 0.722. The van der Waals surface area contributed by atoms with E-state index in [1.165, 1.54) is 12.1 Å². The molecule has 0 spiro atoms. The number of benzene rings is 1. The van der Waals surface area contributed by atoms with E-state index >= 15 is 0 Å². The van der Waals surface area contributed by atoms with E-state index in [9.17, 15) is 18.0 Å². The molecule has 2 amide bonds. The third-order valence-electron chi connectivity index (χ3n) is 3.04. The molecule has 26 heavy (non-hydrogen) atoms. The predicted octanol–water partition coefficient (Wildman–Crippen LogP) is 1.83. The van der Waals surface area contributed by atoms with Crippen molar-refractivity contribution >= 4 is 44.0 Å². The zero-order valence-corrected chi connectivity index (χ0v) is 16.1. The summed E-state index contributed by atoms with van der Waals surface area (Å²) < 4.78 is 27.1. The molecule has 0 fully saturated rings. The molecule has 0 atom stereocenters. The molecule has 0 aliphatic heterocycles. The molecule has 1 aromatic heterocycles. The fourth-order valence-corrected chi connectivity index (χ4v) is 3.87. The third-order valence-corrected chi connectivity index (χ3v) is 5.61. The SMILES string of the molecule is CCC(=O)Nc1nnc(S(=O)(=O)Nc2ccccc2C(=O)NC(C)C)s1. The standard InChI is InChI=1S/C15H19N5O4S2/c1-4-12(21)17-14-18-19-15(25-14)26(23,24)20-11-8-6-5-7-10(11)13(22)16-9(2)3/h5-9,20H,4H2,1-3H3,(H,16,22)(H,17,18,21). The van der Waals surface area contributed by atoms with Crippen LogP contribution in [0.5, 0.6) is 0 Å². The second-order valence-electron chi connectivity index (χ2n) is 5.55. The van der Waals surface area contributed by atoms with E-state index in [1.54, 1.807) is 32.9 Å². The van der Waals surface area contributed by atoms with Gasteiger partial charge in [0, 0.05) is 12.5 Å². The molecular weight excluding hydrogens is 378 g/mol. The van der Waals surface area contributed by atoms with Crippen LogP contribution in [0.25, 0.3) is 0 Å². The van der Waals surface area contributed by atoms with Crippen LogP contribution in [0.1, 0.15) is 37.6 Å². The molecule has 0 aliphatic carbocycles. The molecule has 9 nitrogen and oxygen atoms in total. The highest BCUT2D eigenvalue weighted by molar-refractivity contribution is 7.94. The van der Waals surface area contributed by atoms with Gasteiger partial charge < -0.3 is 10.6 Å². The third kappa shape index (κ3) is 4.99. The first-order valence-electron chi connectivity index (χ1n) is 7.79. The number of hydrogen-bond acceptors (Lipinski definition) is 7. The highest BCUT2D eigenvalue weighted by atomic mass is 32.2. The maximum atomic E-state index is 12.5. The number of nitrogens with zero attached hydrogens (tertiary/aromatic N) is 2. The van der Waals surface area contributed by atoms with E-state index < -0.39 is 15.9 Å². The Morgan fingerprint density at radius 3 is 2.54 bits per heavy atom. The summed E-state index contributed by atoms with van der Waals surface area (Å²) in [4.78, 5) is 23.6. The maximum absolute atomic E-state index is 12.5. The average molecular weight is 397 g/mol. The van der Waals surface area contributed by atoms with Crippen molar-refractivity contribution in [1.82, 2.24) is 15.5 Å². The van der Waals surface area contributed by atoms with Crippen molar-refractivity contribution < 1.29 is 18.0 Å². The minimum atomic E-state index is -4.06. The number of hydrogen-bond donors (Lipinski definition) is 3. The van der Waals surface area contributed by atoms with Crippen molar-refractivity contribution in [2.75, 3.05) is 10.0 Å². The summed E-state index contributed by atoms with van der Waals surface area (Å²) in [5, 5.41) is 12.5. The zero-order valence-electron chi connectivity index (χ0n) is 14.4. The number of amides is 2. The van der Waals surface area contributed by atoms with Gasteiger partial charge in [0.15, 0.2) is 0 Å². The van der Waals surface area contributed by atoms with Crippen molar-refractivity contribution in [2.45, 2.75) is 37.6 Å². The molecule has 11 heteroatoms. The van der Waals surface area contributed by atoms with Crippen LogP contribution in [0.4, 0.5) is 10.8 Å². The van der Waals surface area contributed by atoms with Crippen LogP contribution >= 0.6 is 11.3 Å². The van der Waals surface area contributed by atoms with Crippen LogP contribution in [-0.2, 0) is 14.8 Å². The molecule has 0 radical (unpaired) electrons. The molecule has 140 valence electrons. The van der Waals surface area contributed by atoms with Gasteiger partial charge in [0.05, 0.1) is 11.3 Å². The molecular formula is C15H19N5O4S2. The molecule has 3 N–H and O–H groups in total. The number of anilines is 2. The molecule has 0 unspecified atom stereocenters. The Morgan fingerprint density at radius 1 is 1.19 bits per heavy atom. The molecule has 0 saturated carbocycles. The minimum absolute atomic E-state index is 0.0862. The molecule has 0 aliphatic rings. The number of nitrogens with one attached hydrogen (secondary N) is 3. The number of sulfonamides is 1. The topological polar surface area (TPSA) is 130 Å². The van der Waals surface area contributed by atoms with Gasteiger partial charge in [-0.2, -0.15) is 8.42 Å². The van der Waals surface area contributed by atoms with Crippen LogP contribution in [0.15, 0.2) is 28.6 Å². The lowest BCUT2D eigenvalue weighted by Gasteiger charge is -2.13. The van der Waals surface area contributed by atoms with Crippen LogP contribution in [-0.4, -0.2) is 36.5 Å². The van der Waals surface area contributed by atoms with E-state index in [-0.39, 0.29) is 39.1 Å². The number of carbonyl (C=O) groups is 2. The van der Waals surface area contributed by atoms with E-state index in [0.717, 1.165) is 11.3 Å². The summed E-state index contributed by atoms with van der Waals surface area (Å²) in [5.74, 6) is -0.694. The lowest BCUT2D eigenvalue weighted by Crippen LogP contribution is -2.31. The monoisotopic (exact) mass is 397 g/mol. The van der Waals surface area contributed by atoms with E-state index in [1.807, 2.05) is 0 Å². The molecule has 2 rings (SSSR count). The normalized spacial score (nSPS) is 11.2. The number of aromatic nitrogens is 2. The summed E-state index contributed by atoms with van der Waals surface area (Å²) in [6.45, 7) is 5.27. The summed E-state index contributed by atoms with van der Waals surface area (Å²) in [7, 11) is -4.06. The molecule has 0 saturated heterocycles. The van der Waals surface area contributed by atoms with E-state index in [0.29, 0.717) is 0 Å². The van der Waals surface area contributed by atoms with Gasteiger partial charge in [-0.15, -0.1) is 10.2 Å². The molecule has 0 bridgehead atoms. The van der Waals surface area contributed by atoms with Gasteiger partial charge in [-0.1, -0.05) is 30.4 Å².